The van der Waals surface area contributed by atoms with Crippen LogP contribution in [-0.2, 0) is 0 Å². The zero-order chi connectivity index (χ0) is 13.8. The van der Waals surface area contributed by atoms with Crippen LogP contribution >= 0.6 is 0 Å². The third-order valence-corrected chi connectivity index (χ3v) is 3.17. The van der Waals surface area contributed by atoms with Crippen LogP contribution < -0.4 is 5.32 Å². The number of hydrogen-bond acceptors (Lipinski definition) is 3. The van der Waals surface area contributed by atoms with Gasteiger partial charge in [0.1, 0.15) is 12.7 Å². The van der Waals surface area contributed by atoms with Gasteiger partial charge in [-0.05, 0) is 24.6 Å². The number of carbonyl (C=O) groups excluding carboxylic acids is 1. The third-order valence-electron chi connectivity index (χ3n) is 3.17. The molecule has 0 bridgehead atoms. The summed E-state index contributed by atoms with van der Waals surface area (Å²) in [5, 5.41) is 6.68. The van der Waals surface area contributed by atoms with Crippen molar-refractivity contribution in [2.24, 2.45) is 0 Å². The van der Waals surface area contributed by atoms with Crippen LogP contribution in [0.3, 0.4) is 0 Å². The number of nitrogens with zero attached hydrogens (tertiary/aromatic N) is 4. The monoisotopic (exact) mass is 259 g/mol. The van der Waals surface area contributed by atoms with Gasteiger partial charge in [0, 0.05) is 14.1 Å². The minimum absolute atomic E-state index is 0.00439. The van der Waals surface area contributed by atoms with Crippen molar-refractivity contribution >= 4 is 6.03 Å². The molecule has 0 aliphatic carbocycles. The highest BCUT2D eigenvalue weighted by Crippen LogP contribution is 2.20. The Morgan fingerprint density at radius 2 is 2.05 bits per heavy atom. The fraction of sp³-hybridized carbons (Fsp3) is 0.308. The molecule has 0 spiro atoms. The van der Waals surface area contributed by atoms with E-state index >= 15 is 0 Å². The number of aromatic nitrogens is 3. The summed E-state index contributed by atoms with van der Waals surface area (Å²) >= 11 is 0. The molecule has 1 aromatic heterocycles. The standard InChI is InChI=1S/C13H17N5O/c1-10(17(3)13(19)14-2)11-4-6-12(7-5-11)18-9-15-8-16-18/h4-10H,1-3H3,(H,14,19)/t10-/m1/s1. The fourth-order valence-electron chi connectivity index (χ4n) is 1.82. The van der Waals surface area contributed by atoms with Gasteiger partial charge < -0.3 is 10.2 Å². The number of rotatable bonds is 3. The molecule has 0 radical (unpaired) electrons. The van der Waals surface area contributed by atoms with Crippen molar-refractivity contribution in [3.8, 4) is 5.69 Å². The molecule has 0 saturated heterocycles. The van der Waals surface area contributed by atoms with Crippen molar-refractivity contribution in [1.82, 2.24) is 25.0 Å². The maximum absolute atomic E-state index is 11.6. The first-order chi connectivity index (χ1) is 9.13. The number of hydrogen-bond donors (Lipinski definition) is 1. The van der Waals surface area contributed by atoms with E-state index in [9.17, 15) is 4.79 Å². The van der Waals surface area contributed by atoms with Gasteiger partial charge in [0.2, 0.25) is 0 Å². The van der Waals surface area contributed by atoms with Crippen LogP contribution in [0.2, 0.25) is 0 Å². The molecule has 2 rings (SSSR count). The minimum Gasteiger partial charge on any atom is -0.341 e. The Hall–Kier alpha value is -2.37. The first-order valence-electron chi connectivity index (χ1n) is 6.03. The average molecular weight is 259 g/mol. The maximum atomic E-state index is 11.6. The summed E-state index contributed by atoms with van der Waals surface area (Å²) in [6.07, 6.45) is 3.14. The van der Waals surface area contributed by atoms with Crippen LogP contribution in [0.1, 0.15) is 18.5 Å². The molecule has 0 unspecified atom stereocenters. The molecule has 1 aromatic carbocycles. The van der Waals surface area contributed by atoms with Crippen molar-refractivity contribution in [2.75, 3.05) is 14.1 Å². The van der Waals surface area contributed by atoms with E-state index in [1.165, 1.54) is 6.33 Å². The number of nitrogens with one attached hydrogen (secondary N) is 1. The number of benzene rings is 1. The molecule has 6 heteroatoms. The third kappa shape index (κ3) is 2.73. The van der Waals surface area contributed by atoms with Gasteiger partial charge in [-0.15, -0.1) is 0 Å². The highest BCUT2D eigenvalue weighted by Gasteiger charge is 2.15. The molecule has 19 heavy (non-hydrogen) atoms. The van der Waals surface area contributed by atoms with Crippen LogP contribution in [0.25, 0.3) is 5.69 Å². The SMILES string of the molecule is CNC(=O)N(C)[C@H](C)c1ccc(-n2cncn2)cc1. The molecule has 100 valence electrons. The van der Waals surface area contributed by atoms with Crippen LogP contribution in [-0.4, -0.2) is 39.8 Å². The van der Waals surface area contributed by atoms with E-state index in [0.29, 0.717) is 0 Å². The number of amides is 2. The lowest BCUT2D eigenvalue weighted by Gasteiger charge is -2.24. The van der Waals surface area contributed by atoms with Gasteiger partial charge in [0.05, 0.1) is 11.7 Å². The van der Waals surface area contributed by atoms with Gasteiger partial charge in [-0.1, -0.05) is 12.1 Å². The predicted molar refractivity (Wildman–Crippen MR) is 72.0 cm³/mol. The van der Waals surface area contributed by atoms with E-state index < -0.39 is 0 Å². The molecule has 2 amide bonds. The lowest BCUT2D eigenvalue weighted by molar-refractivity contribution is 0.197. The molecule has 1 heterocycles. The van der Waals surface area contributed by atoms with Crippen LogP contribution in [0.5, 0.6) is 0 Å². The van der Waals surface area contributed by atoms with Crippen molar-refractivity contribution in [1.29, 1.82) is 0 Å². The maximum Gasteiger partial charge on any atom is 0.317 e. The second kappa shape index (κ2) is 5.51. The van der Waals surface area contributed by atoms with Gasteiger partial charge in [-0.3, -0.25) is 0 Å². The Bertz CT molecular complexity index is 535. The Kier molecular flexibility index (Phi) is 3.79. The topological polar surface area (TPSA) is 63.1 Å². The first-order valence-corrected chi connectivity index (χ1v) is 6.03. The Balaban J connectivity index is 2.16. The Morgan fingerprint density at radius 1 is 1.37 bits per heavy atom. The zero-order valence-electron chi connectivity index (χ0n) is 11.2. The smallest absolute Gasteiger partial charge is 0.317 e. The van der Waals surface area contributed by atoms with Gasteiger partial charge in [0.25, 0.3) is 0 Å². The van der Waals surface area contributed by atoms with Gasteiger partial charge >= 0.3 is 6.03 Å². The van der Waals surface area contributed by atoms with Gasteiger partial charge in [-0.25, -0.2) is 14.5 Å². The van der Waals surface area contributed by atoms with Crippen molar-refractivity contribution in [3.05, 3.63) is 42.5 Å². The summed E-state index contributed by atoms with van der Waals surface area (Å²) < 4.78 is 1.69. The summed E-state index contributed by atoms with van der Waals surface area (Å²) in [6, 6.07) is 7.79. The molecule has 2 aromatic rings. The number of carbonyl (C=O) groups is 1. The number of urea groups is 1. The van der Waals surface area contributed by atoms with Crippen LogP contribution in [0, 0.1) is 0 Å². The molecule has 0 fully saturated rings. The van der Waals surface area contributed by atoms with Crippen LogP contribution in [0.15, 0.2) is 36.9 Å². The van der Waals surface area contributed by atoms with E-state index in [1.807, 2.05) is 31.2 Å². The summed E-state index contributed by atoms with van der Waals surface area (Å²) in [5.74, 6) is 0. The van der Waals surface area contributed by atoms with Gasteiger partial charge in [0.15, 0.2) is 0 Å². The summed E-state index contributed by atoms with van der Waals surface area (Å²) in [5.41, 5.74) is 2.01. The lowest BCUT2D eigenvalue weighted by Crippen LogP contribution is -2.36. The fourth-order valence-corrected chi connectivity index (χ4v) is 1.82. The Labute approximate surface area is 112 Å². The van der Waals surface area contributed by atoms with E-state index in [0.717, 1.165) is 11.3 Å². The van der Waals surface area contributed by atoms with E-state index in [-0.39, 0.29) is 12.1 Å². The average Bonchev–Trinajstić information content (AvgIpc) is 2.99. The lowest BCUT2D eigenvalue weighted by atomic mass is 10.1. The summed E-state index contributed by atoms with van der Waals surface area (Å²) in [7, 11) is 3.40. The molecule has 6 nitrogen and oxygen atoms in total. The second-order valence-electron chi connectivity index (χ2n) is 4.27. The Morgan fingerprint density at radius 3 is 2.58 bits per heavy atom. The normalized spacial score (nSPS) is 11.9. The molecular formula is C13H17N5O. The van der Waals surface area contributed by atoms with E-state index in [1.54, 1.807) is 30.0 Å². The van der Waals surface area contributed by atoms with E-state index in [4.69, 9.17) is 0 Å². The van der Waals surface area contributed by atoms with E-state index in [2.05, 4.69) is 15.4 Å². The largest absolute Gasteiger partial charge is 0.341 e. The highest BCUT2D eigenvalue weighted by atomic mass is 16.2. The predicted octanol–water partition coefficient (Wildman–Crippen LogP) is 1.60. The summed E-state index contributed by atoms with van der Waals surface area (Å²) in [6.45, 7) is 1.99. The highest BCUT2D eigenvalue weighted by molar-refractivity contribution is 5.74. The molecule has 1 N–H and O–H groups in total. The molecular weight excluding hydrogens is 242 g/mol. The van der Waals surface area contributed by atoms with Crippen molar-refractivity contribution in [2.45, 2.75) is 13.0 Å². The van der Waals surface area contributed by atoms with Crippen molar-refractivity contribution in [3.63, 3.8) is 0 Å². The van der Waals surface area contributed by atoms with Crippen LogP contribution in [0.4, 0.5) is 4.79 Å². The van der Waals surface area contributed by atoms with Crippen molar-refractivity contribution < 1.29 is 4.79 Å². The molecule has 0 saturated carbocycles. The molecule has 0 aliphatic heterocycles. The molecule has 0 aliphatic rings. The first kappa shape index (κ1) is 13.1. The molecule has 1 atom stereocenters. The van der Waals surface area contributed by atoms with Gasteiger partial charge in [-0.2, -0.15) is 5.10 Å². The minimum atomic E-state index is -0.104. The second-order valence-corrected chi connectivity index (χ2v) is 4.27. The summed E-state index contributed by atoms with van der Waals surface area (Å²) in [4.78, 5) is 17.1. The quantitative estimate of drug-likeness (QED) is 0.910. The zero-order valence-corrected chi connectivity index (χ0v) is 11.2.